The first-order valence-corrected chi connectivity index (χ1v) is 7.19. The highest BCUT2D eigenvalue weighted by Gasteiger charge is 2.18. The lowest BCUT2D eigenvalue weighted by Gasteiger charge is -2.23. The number of aromatic nitrogens is 2. The number of H-pyrrole nitrogens is 1. The van der Waals surface area contributed by atoms with Gasteiger partial charge in [0.25, 0.3) is 0 Å². The van der Waals surface area contributed by atoms with Gasteiger partial charge in [0.2, 0.25) is 5.91 Å². The first-order valence-electron chi connectivity index (χ1n) is 7.19. The van der Waals surface area contributed by atoms with E-state index in [0.717, 1.165) is 29.4 Å². The molecule has 3 rings (SSSR count). The fraction of sp³-hybridized carbons (Fsp3) is 0.188. The van der Waals surface area contributed by atoms with Gasteiger partial charge in [0.05, 0.1) is 11.9 Å². The minimum absolute atomic E-state index is 0.131. The van der Waals surface area contributed by atoms with Crippen molar-refractivity contribution in [3.05, 3.63) is 42.9 Å². The molecule has 7 nitrogen and oxygen atoms in total. The maximum atomic E-state index is 11.8. The number of hydrogen-bond donors (Lipinski definition) is 3. The number of amides is 2. The van der Waals surface area contributed by atoms with Gasteiger partial charge in [-0.2, -0.15) is 0 Å². The van der Waals surface area contributed by atoms with Gasteiger partial charge < -0.3 is 15.0 Å². The van der Waals surface area contributed by atoms with Crippen molar-refractivity contribution in [3.8, 4) is 0 Å². The van der Waals surface area contributed by atoms with Crippen molar-refractivity contribution < 1.29 is 14.7 Å². The molecule has 0 saturated carbocycles. The highest BCUT2D eigenvalue weighted by atomic mass is 16.4. The first-order chi connectivity index (χ1) is 11.1. The predicted molar refractivity (Wildman–Crippen MR) is 86.9 cm³/mol. The number of hydrogen-bond acceptors (Lipinski definition) is 3. The molecule has 0 unspecified atom stereocenters. The smallest absolute Gasteiger partial charge is 0.409 e. The Balaban J connectivity index is 2.01. The molecule has 2 aromatic rings. The molecule has 2 amide bonds. The molecule has 1 aliphatic heterocycles. The van der Waals surface area contributed by atoms with E-state index in [-0.39, 0.29) is 5.91 Å². The first kappa shape index (κ1) is 14.8. The second kappa shape index (κ2) is 5.96. The Morgan fingerprint density at radius 2 is 2.30 bits per heavy atom. The van der Waals surface area contributed by atoms with Crippen LogP contribution in [0.4, 0.5) is 10.5 Å². The number of aromatic amines is 1. The molecular formula is C16H16N4O3. The van der Waals surface area contributed by atoms with Gasteiger partial charge in [-0.05, 0) is 30.6 Å². The molecule has 2 aromatic heterocycles. The molecule has 0 aliphatic carbocycles. The highest BCUT2D eigenvalue weighted by Crippen LogP contribution is 2.31. The molecule has 0 saturated heterocycles. The third-order valence-corrected chi connectivity index (χ3v) is 3.74. The van der Waals surface area contributed by atoms with Gasteiger partial charge in [0.15, 0.2) is 0 Å². The van der Waals surface area contributed by atoms with E-state index in [2.05, 4.69) is 21.9 Å². The molecule has 3 N–H and O–H groups in total. The summed E-state index contributed by atoms with van der Waals surface area (Å²) in [5.41, 5.74) is 3.00. The van der Waals surface area contributed by atoms with E-state index in [0.29, 0.717) is 17.9 Å². The summed E-state index contributed by atoms with van der Waals surface area (Å²) in [6, 6.07) is 1.73. The largest absolute Gasteiger partial charge is 0.465 e. The Bertz CT molecular complexity index is 822. The summed E-state index contributed by atoms with van der Waals surface area (Å²) in [6.45, 7) is 4.18. The van der Waals surface area contributed by atoms with Crippen LogP contribution in [0.15, 0.2) is 37.3 Å². The number of rotatable bonds is 3. The summed E-state index contributed by atoms with van der Waals surface area (Å²) in [5.74, 6) is -0.131. The lowest BCUT2D eigenvalue weighted by molar-refractivity contribution is -0.123. The lowest BCUT2D eigenvalue weighted by atomic mass is 9.99. The van der Waals surface area contributed by atoms with Crippen LogP contribution >= 0.6 is 0 Å². The molecule has 3 heterocycles. The fourth-order valence-corrected chi connectivity index (χ4v) is 2.71. The highest BCUT2D eigenvalue weighted by molar-refractivity contribution is 5.95. The summed E-state index contributed by atoms with van der Waals surface area (Å²) in [4.78, 5) is 31.5. The Labute approximate surface area is 132 Å². The average Bonchev–Trinajstić information content (AvgIpc) is 2.97. The van der Waals surface area contributed by atoms with Crippen molar-refractivity contribution >= 4 is 34.3 Å². The van der Waals surface area contributed by atoms with Gasteiger partial charge in [0, 0.05) is 29.9 Å². The minimum Gasteiger partial charge on any atom is -0.465 e. The predicted octanol–water partition coefficient (Wildman–Crippen LogP) is 2.80. The minimum atomic E-state index is -1.14. The molecule has 0 aromatic carbocycles. The summed E-state index contributed by atoms with van der Waals surface area (Å²) < 4.78 is 0. The topological polar surface area (TPSA) is 98.3 Å². The van der Waals surface area contributed by atoms with Gasteiger partial charge in [0.1, 0.15) is 5.65 Å². The van der Waals surface area contributed by atoms with Crippen LogP contribution in [0.3, 0.4) is 0 Å². The van der Waals surface area contributed by atoms with Crippen LogP contribution in [0.5, 0.6) is 0 Å². The Morgan fingerprint density at radius 1 is 1.48 bits per heavy atom. The van der Waals surface area contributed by atoms with Gasteiger partial charge in [-0.15, -0.1) is 0 Å². The molecular weight excluding hydrogens is 296 g/mol. The van der Waals surface area contributed by atoms with E-state index in [9.17, 15) is 9.59 Å². The maximum Gasteiger partial charge on any atom is 0.409 e. The molecule has 0 fully saturated rings. The SMILES string of the molecule is C=CC(=O)N1C=C(c2c[nH]c3ncc(NC(=O)O)cc23)CCC1. The Kier molecular flexibility index (Phi) is 3.84. The van der Waals surface area contributed by atoms with Crippen LogP contribution in [0.25, 0.3) is 16.6 Å². The summed E-state index contributed by atoms with van der Waals surface area (Å²) in [5, 5.41) is 11.9. The van der Waals surface area contributed by atoms with E-state index in [1.165, 1.54) is 12.3 Å². The molecule has 0 spiro atoms. The van der Waals surface area contributed by atoms with Crippen LogP contribution in [-0.2, 0) is 4.79 Å². The second-order valence-corrected chi connectivity index (χ2v) is 5.25. The van der Waals surface area contributed by atoms with Gasteiger partial charge in [-0.1, -0.05) is 6.58 Å². The van der Waals surface area contributed by atoms with Crippen molar-refractivity contribution in [2.24, 2.45) is 0 Å². The lowest BCUT2D eigenvalue weighted by Crippen LogP contribution is -2.27. The third kappa shape index (κ3) is 2.94. The van der Waals surface area contributed by atoms with Crippen LogP contribution in [0, 0.1) is 0 Å². The quantitative estimate of drug-likeness (QED) is 0.759. The van der Waals surface area contributed by atoms with Crippen molar-refractivity contribution in [1.29, 1.82) is 0 Å². The molecule has 118 valence electrons. The van der Waals surface area contributed by atoms with E-state index in [1.54, 1.807) is 11.0 Å². The zero-order valence-electron chi connectivity index (χ0n) is 12.4. The molecule has 23 heavy (non-hydrogen) atoms. The number of carbonyl (C=O) groups excluding carboxylic acids is 1. The van der Waals surface area contributed by atoms with Crippen molar-refractivity contribution in [3.63, 3.8) is 0 Å². The number of allylic oxidation sites excluding steroid dienone is 1. The molecule has 7 heteroatoms. The summed E-state index contributed by atoms with van der Waals surface area (Å²) in [7, 11) is 0. The maximum absolute atomic E-state index is 11.8. The van der Waals surface area contributed by atoms with E-state index < -0.39 is 6.09 Å². The zero-order chi connectivity index (χ0) is 16.4. The number of anilines is 1. The van der Waals surface area contributed by atoms with Gasteiger partial charge >= 0.3 is 6.09 Å². The van der Waals surface area contributed by atoms with Crippen LogP contribution < -0.4 is 5.32 Å². The van der Waals surface area contributed by atoms with Gasteiger partial charge in [-0.25, -0.2) is 9.78 Å². The number of nitrogens with zero attached hydrogens (tertiary/aromatic N) is 2. The van der Waals surface area contributed by atoms with E-state index in [4.69, 9.17) is 5.11 Å². The van der Waals surface area contributed by atoms with Crippen molar-refractivity contribution in [2.75, 3.05) is 11.9 Å². The molecule has 0 atom stereocenters. The van der Waals surface area contributed by atoms with Crippen LogP contribution in [-0.4, -0.2) is 38.5 Å². The van der Waals surface area contributed by atoms with Crippen LogP contribution in [0.2, 0.25) is 0 Å². The fourth-order valence-electron chi connectivity index (χ4n) is 2.71. The van der Waals surface area contributed by atoms with E-state index in [1.807, 2.05) is 12.4 Å². The second-order valence-electron chi connectivity index (χ2n) is 5.25. The molecule has 0 bridgehead atoms. The number of pyridine rings is 1. The molecule has 1 aliphatic rings. The van der Waals surface area contributed by atoms with Crippen molar-refractivity contribution in [1.82, 2.24) is 14.9 Å². The summed E-state index contributed by atoms with van der Waals surface area (Å²) in [6.07, 6.45) is 6.97. The number of fused-ring (bicyclic) bond motifs is 1. The Hall–Kier alpha value is -3.09. The van der Waals surface area contributed by atoms with Crippen molar-refractivity contribution in [2.45, 2.75) is 12.8 Å². The Morgan fingerprint density at radius 3 is 3.04 bits per heavy atom. The van der Waals surface area contributed by atoms with Gasteiger partial charge in [-0.3, -0.25) is 10.1 Å². The monoisotopic (exact) mass is 312 g/mol. The normalized spacial score (nSPS) is 14.4. The molecule has 0 radical (unpaired) electrons. The standard InChI is InChI=1S/C16H16N4O3/c1-2-14(21)20-5-3-4-10(9-20)13-8-18-15-12(13)6-11(7-17-15)19-16(22)23/h2,6-9,19H,1,3-5H2,(H,17,18)(H,22,23). The average molecular weight is 312 g/mol. The van der Waals surface area contributed by atoms with E-state index >= 15 is 0 Å². The number of nitrogens with one attached hydrogen (secondary N) is 2. The summed E-state index contributed by atoms with van der Waals surface area (Å²) >= 11 is 0. The zero-order valence-corrected chi connectivity index (χ0v) is 12.4. The number of carboxylic acid groups (broad SMARTS) is 1. The number of carbonyl (C=O) groups is 2. The third-order valence-electron chi connectivity index (χ3n) is 3.74. The van der Waals surface area contributed by atoms with Crippen LogP contribution in [0.1, 0.15) is 18.4 Å².